The van der Waals surface area contributed by atoms with Crippen molar-refractivity contribution in [2.45, 2.75) is 18.9 Å². The Labute approximate surface area is 109 Å². The summed E-state index contributed by atoms with van der Waals surface area (Å²) < 4.78 is 31.3. The van der Waals surface area contributed by atoms with Crippen molar-refractivity contribution in [1.29, 1.82) is 0 Å². The first-order valence-electron chi connectivity index (χ1n) is 4.40. The maximum atomic E-state index is 10.5. The molecule has 0 aromatic heterocycles. The summed E-state index contributed by atoms with van der Waals surface area (Å²) in [4.78, 5) is 0. The molecule has 78 valence electrons. The standard InChI is InChI=1S/C8H16O4S.Na/c1-11-8(6-13(9)10)7-2-4-12-5-3-7;/h7-8H,2-6H2,1H3,(H,9,10);/q;+1/p-1. The molecule has 0 amide bonds. The predicted octanol–water partition coefficient (Wildman–Crippen LogP) is -2.69. The van der Waals surface area contributed by atoms with Crippen LogP contribution in [0.4, 0.5) is 0 Å². The number of hydrogen-bond donors (Lipinski definition) is 0. The molecule has 1 rings (SSSR count). The average Bonchev–Trinajstić information content (AvgIpc) is 2.15. The van der Waals surface area contributed by atoms with E-state index >= 15 is 0 Å². The van der Waals surface area contributed by atoms with Crippen molar-refractivity contribution in [1.82, 2.24) is 0 Å². The first kappa shape index (κ1) is 15.0. The molecule has 6 heteroatoms. The molecule has 0 spiro atoms. The maximum absolute atomic E-state index is 10.5. The third kappa shape index (κ3) is 5.21. The minimum atomic E-state index is -2.01. The summed E-state index contributed by atoms with van der Waals surface area (Å²) in [7, 11) is 1.56. The summed E-state index contributed by atoms with van der Waals surface area (Å²) in [5, 5.41) is 0. The van der Waals surface area contributed by atoms with Crippen molar-refractivity contribution in [2.24, 2.45) is 5.92 Å². The second-order valence-corrected chi connectivity index (χ2v) is 4.14. The van der Waals surface area contributed by atoms with Gasteiger partial charge in [0.05, 0.1) is 6.10 Å². The molecular weight excluding hydrogens is 215 g/mol. The fraction of sp³-hybridized carbons (Fsp3) is 1.00. The second kappa shape index (κ2) is 8.21. The van der Waals surface area contributed by atoms with Gasteiger partial charge in [0, 0.05) is 26.1 Å². The summed E-state index contributed by atoms with van der Waals surface area (Å²) in [5.41, 5.74) is 0. The van der Waals surface area contributed by atoms with E-state index in [1.165, 1.54) is 0 Å². The normalized spacial score (nSPS) is 22.4. The molecule has 2 atom stereocenters. The van der Waals surface area contributed by atoms with Crippen LogP contribution in [0.3, 0.4) is 0 Å². The van der Waals surface area contributed by atoms with Gasteiger partial charge in [-0.3, -0.25) is 4.21 Å². The molecule has 0 aliphatic carbocycles. The third-order valence-electron chi connectivity index (χ3n) is 2.39. The van der Waals surface area contributed by atoms with Crippen LogP contribution in [-0.2, 0) is 20.6 Å². The molecule has 1 aliphatic heterocycles. The molecule has 4 nitrogen and oxygen atoms in total. The predicted molar refractivity (Wildman–Crippen MR) is 48.1 cm³/mol. The van der Waals surface area contributed by atoms with Gasteiger partial charge in [-0.05, 0) is 18.8 Å². The van der Waals surface area contributed by atoms with Crippen LogP contribution >= 0.6 is 0 Å². The summed E-state index contributed by atoms with van der Waals surface area (Å²) in [5.74, 6) is 0.429. The Hall–Kier alpha value is 1.03. The minimum Gasteiger partial charge on any atom is -0.772 e. The van der Waals surface area contributed by atoms with E-state index in [1.807, 2.05) is 0 Å². The molecule has 0 aromatic rings. The van der Waals surface area contributed by atoms with Gasteiger partial charge in [0.25, 0.3) is 0 Å². The summed E-state index contributed by atoms with van der Waals surface area (Å²) in [6.45, 7) is 1.44. The van der Waals surface area contributed by atoms with Crippen LogP contribution in [0.5, 0.6) is 0 Å². The smallest absolute Gasteiger partial charge is 0.772 e. The van der Waals surface area contributed by atoms with E-state index in [1.54, 1.807) is 7.11 Å². The maximum Gasteiger partial charge on any atom is 1.00 e. The molecular formula is C8H15NaO4S. The molecule has 1 fully saturated rings. The van der Waals surface area contributed by atoms with E-state index in [4.69, 9.17) is 9.47 Å². The topological polar surface area (TPSA) is 58.6 Å². The van der Waals surface area contributed by atoms with Crippen molar-refractivity contribution in [3.05, 3.63) is 0 Å². The van der Waals surface area contributed by atoms with Crippen molar-refractivity contribution in [2.75, 3.05) is 26.1 Å². The van der Waals surface area contributed by atoms with Crippen LogP contribution < -0.4 is 29.6 Å². The number of methoxy groups -OCH3 is 1. The summed E-state index contributed by atoms with van der Waals surface area (Å²) in [6.07, 6.45) is 1.63. The summed E-state index contributed by atoms with van der Waals surface area (Å²) in [6, 6.07) is 0. The Morgan fingerprint density at radius 3 is 2.57 bits per heavy atom. The molecule has 1 saturated heterocycles. The zero-order valence-corrected chi connectivity index (χ0v) is 11.5. The monoisotopic (exact) mass is 230 g/mol. The van der Waals surface area contributed by atoms with Gasteiger partial charge in [0.15, 0.2) is 0 Å². The molecule has 0 N–H and O–H groups in total. The Bertz CT molecular complexity index is 173. The van der Waals surface area contributed by atoms with Crippen LogP contribution in [0.25, 0.3) is 0 Å². The zero-order valence-electron chi connectivity index (χ0n) is 8.73. The van der Waals surface area contributed by atoms with Crippen molar-refractivity contribution < 1.29 is 47.8 Å². The van der Waals surface area contributed by atoms with Crippen LogP contribution in [0.15, 0.2) is 0 Å². The number of ether oxygens (including phenoxy) is 2. The fourth-order valence-corrected chi connectivity index (χ4v) is 2.29. The van der Waals surface area contributed by atoms with Crippen LogP contribution in [0, 0.1) is 5.92 Å². The zero-order chi connectivity index (χ0) is 9.68. The van der Waals surface area contributed by atoms with Gasteiger partial charge in [0.1, 0.15) is 0 Å². The van der Waals surface area contributed by atoms with Gasteiger partial charge < -0.3 is 14.0 Å². The Balaban J connectivity index is 0.00000169. The minimum absolute atomic E-state index is 0. The second-order valence-electron chi connectivity index (χ2n) is 3.19. The van der Waals surface area contributed by atoms with E-state index in [2.05, 4.69) is 0 Å². The van der Waals surface area contributed by atoms with Gasteiger partial charge in [-0.25, -0.2) is 0 Å². The molecule has 0 saturated carbocycles. The van der Waals surface area contributed by atoms with Crippen LogP contribution in [-0.4, -0.2) is 40.9 Å². The van der Waals surface area contributed by atoms with Crippen LogP contribution in [0.1, 0.15) is 12.8 Å². The molecule has 0 aromatic carbocycles. The number of hydrogen-bond acceptors (Lipinski definition) is 4. The van der Waals surface area contributed by atoms with Crippen molar-refractivity contribution in [3.8, 4) is 0 Å². The average molecular weight is 230 g/mol. The van der Waals surface area contributed by atoms with Crippen molar-refractivity contribution in [3.63, 3.8) is 0 Å². The molecule has 1 aliphatic rings. The number of rotatable bonds is 4. The Morgan fingerprint density at radius 2 is 2.14 bits per heavy atom. The van der Waals surface area contributed by atoms with Crippen LogP contribution in [0.2, 0.25) is 0 Å². The van der Waals surface area contributed by atoms with Gasteiger partial charge in [-0.1, -0.05) is 11.1 Å². The van der Waals surface area contributed by atoms with E-state index in [0.717, 1.165) is 26.1 Å². The Morgan fingerprint density at radius 1 is 1.57 bits per heavy atom. The van der Waals surface area contributed by atoms with E-state index in [9.17, 15) is 8.76 Å². The molecule has 0 radical (unpaired) electrons. The van der Waals surface area contributed by atoms with Gasteiger partial charge in [-0.15, -0.1) is 0 Å². The molecule has 0 bridgehead atoms. The van der Waals surface area contributed by atoms with Gasteiger partial charge in [-0.2, -0.15) is 0 Å². The third-order valence-corrected chi connectivity index (χ3v) is 3.00. The summed E-state index contributed by atoms with van der Waals surface area (Å²) >= 11 is -2.01. The van der Waals surface area contributed by atoms with E-state index in [-0.39, 0.29) is 41.4 Å². The SMILES string of the molecule is COC(CS(=O)[O-])C1CCOCC1.[Na+]. The Kier molecular flexibility index (Phi) is 8.82. The van der Waals surface area contributed by atoms with Gasteiger partial charge >= 0.3 is 29.6 Å². The fourth-order valence-electron chi connectivity index (χ4n) is 1.62. The molecule has 1 heterocycles. The van der Waals surface area contributed by atoms with Gasteiger partial charge in [0.2, 0.25) is 0 Å². The molecule has 14 heavy (non-hydrogen) atoms. The van der Waals surface area contributed by atoms with E-state index in [0.29, 0.717) is 5.92 Å². The first-order valence-corrected chi connectivity index (χ1v) is 5.65. The van der Waals surface area contributed by atoms with Crippen molar-refractivity contribution >= 4 is 11.1 Å². The largest absolute Gasteiger partial charge is 1.00 e. The quantitative estimate of drug-likeness (QED) is 0.390. The van der Waals surface area contributed by atoms with E-state index < -0.39 is 11.1 Å². The molecule has 2 unspecified atom stereocenters. The first-order chi connectivity index (χ1) is 6.24.